The summed E-state index contributed by atoms with van der Waals surface area (Å²) in [4.78, 5) is 15.5. The Morgan fingerprint density at radius 2 is 1.86 bits per heavy atom. The van der Waals surface area contributed by atoms with Crippen LogP contribution in [0.5, 0.6) is 0 Å². The summed E-state index contributed by atoms with van der Waals surface area (Å²) in [5.74, 6) is -0.301. The zero-order chi connectivity index (χ0) is 15.6. The Kier molecular flexibility index (Phi) is 4.61. The zero-order valence-corrected chi connectivity index (χ0v) is 13.3. The van der Waals surface area contributed by atoms with E-state index in [2.05, 4.69) is 0 Å². The van der Waals surface area contributed by atoms with Crippen molar-refractivity contribution >= 4 is 23.4 Å². The minimum atomic E-state index is -0.507. The molecule has 0 aliphatic carbocycles. The fraction of sp³-hybridized carbons (Fsp3) is 0.533. The lowest BCUT2D eigenvalue weighted by Crippen LogP contribution is -2.50. The Labute approximate surface area is 129 Å². The number of halogens is 2. The molecule has 1 saturated heterocycles. The molecule has 1 aromatic rings. The van der Waals surface area contributed by atoms with E-state index in [0.717, 1.165) is 0 Å². The van der Waals surface area contributed by atoms with Gasteiger partial charge in [0.15, 0.2) is 0 Å². The standard InChI is InChI=1S/C15H20ClFN2O2/c1-15(2,3)21-14(20)19-8-6-18(7-9-19)13-10-11(16)4-5-12(13)17/h4-5,10H,6-9H2,1-3H3. The van der Waals surface area contributed by atoms with Crippen molar-refractivity contribution in [2.45, 2.75) is 26.4 Å². The molecule has 6 heteroatoms. The van der Waals surface area contributed by atoms with Crippen LogP contribution in [0.4, 0.5) is 14.9 Å². The summed E-state index contributed by atoms with van der Waals surface area (Å²) in [6.45, 7) is 7.61. The minimum Gasteiger partial charge on any atom is -0.444 e. The Bertz CT molecular complexity index is 523. The number of carbonyl (C=O) groups excluding carboxylic acids is 1. The number of carbonyl (C=O) groups is 1. The van der Waals surface area contributed by atoms with Gasteiger partial charge in [0, 0.05) is 31.2 Å². The Morgan fingerprint density at radius 1 is 1.24 bits per heavy atom. The van der Waals surface area contributed by atoms with Gasteiger partial charge in [0.1, 0.15) is 11.4 Å². The summed E-state index contributed by atoms with van der Waals surface area (Å²) in [5.41, 5.74) is -0.0286. The van der Waals surface area contributed by atoms with Gasteiger partial charge in [-0.1, -0.05) is 11.6 Å². The van der Waals surface area contributed by atoms with Crippen molar-refractivity contribution in [2.75, 3.05) is 31.1 Å². The molecular formula is C15H20ClFN2O2. The molecule has 2 rings (SSSR count). The van der Waals surface area contributed by atoms with Crippen LogP contribution in [-0.4, -0.2) is 42.8 Å². The maximum Gasteiger partial charge on any atom is 0.410 e. The first kappa shape index (κ1) is 15.9. The molecule has 0 saturated carbocycles. The quantitative estimate of drug-likeness (QED) is 0.795. The van der Waals surface area contributed by atoms with Crippen LogP contribution < -0.4 is 4.90 Å². The number of anilines is 1. The van der Waals surface area contributed by atoms with Gasteiger partial charge in [0.2, 0.25) is 0 Å². The highest BCUT2D eigenvalue weighted by atomic mass is 35.5. The van der Waals surface area contributed by atoms with E-state index in [1.807, 2.05) is 25.7 Å². The highest BCUT2D eigenvalue weighted by Gasteiger charge is 2.26. The topological polar surface area (TPSA) is 32.8 Å². The molecule has 1 aromatic carbocycles. The van der Waals surface area contributed by atoms with Crippen molar-refractivity contribution in [3.8, 4) is 0 Å². The van der Waals surface area contributed by atoms with E-state index in [-0.39, 0.29) is 11.9 Å². The maximum absolute atomic E-state index is 13.8. The lowest BCUT2D eigenvalue weighted by atomic mass is 10.2. The van der Waals surface area contributed by atoms with Crippen molar-refractivity contribution in [3.63, 3.8) is 0 Å². The SMILES string of the molecule is CC(C)(C)OC(=O)N1CCN(c2cc(Cl)ccc2F)CC1. The van der Waals surface area contributed by atoms with E-state index in [9.17, 15) is 9.18 Å². The van der Waals surface area contributed by atoms with Crippen molar-refractivity contribution in [3.05, 3.63) is 29.0 Å². The van der Waals surface area contributed by atoms with Crippen LogP contribution in [0.15, 0.2) is 18.2 Å². The predicted molar refractivity (Wildman–Crippen MR) is 81.4 cm³/mol. The van der Waals surface area contributed by atoms with Crippen LogP contribution in [0.25, 0.3) is 0 Å². The molecule has 1 aliphatic heterocycles. The number of ether oxygens (including phenoxy) is 1. The van der Waals surface area contributed by atoms with Crippen LogP contribution in [0.2, 0.25) is 5.02 Å². The van der Waals surface area contributed by atoms with E-state index < -0.39 is 5.60 Å². The number of rotatable bonds is 1. The van der Waals surface area contributed by atoms with Gasteiger partial charge in [-0.25, -0.2) is 9.18 Å². The largest absolute Gasteiger partial charge is 0.444 e. The Balaban J connectivity index is 1.97. The smallest absolute Gasteiger partial charge is 0.410 e. The monoisotopic (exact) mass is 314 g/mol. The number of hydrogen-bond acceptors (Lipinski definition) is 3. The molecule has 0 spiro atoms. The first-order chi connectivity index (χ1) is 9.76. The molecule has 1 fully saturated rings. The number of hydrogen-bond donors (Lipinski definition) is 0. The molecule has 1 amide bonds. The van der Waals surface area contributed by atoms with Gasteiger partial charge in [-0.2, -0.15) is 0 Å². The highest BCUT2D eigenvalue weighted by Crippen LogP contribution is 2.25. The molecule has 21 heavy (non-hydrogen) atoms. The zero-order valence-electron chi connectivity index (χ0n) is 12.5. The molecular weight excluding hydrogens is 295 g/mol. The minimum absolute atomic E-state index is 0.301. The first-order valence-corrected chi connectivity index (χ1v) is 7.32. The van der Waals surface area contributed by atoms with Gasteiger partial charge in [-0.05, 0) is 39.0 Å². The number of nitrogens with zero attached hydrogens (tertiary/aromatic N) is 2. The average molecular weight is 315 g/mol. The van der Waals surface area contributed by atoms with Crippen molar-refractivity contribution in [1.82, 2.24) is 4.90 Å². The third-order valence-electron chi connectivity index (χ3n) is 3.18. The molecule has 0 bridgehead atoms. The highest BCUT2D eigenvalue weighted by molar-refractivity contribution is 6.30. The fourth-order valence-electron chi connectivity index (χ4n) is 2.18. The van der Waals surface area contributed by atoms with E-state index in [1.165, 1.54) is 12.1 Å². The second-order valence-corrected chi connectivity index (χ2v) is 6.49. The van der Waals surface area contributed by atoms with Gasteiger partial charge in [0.25, 0.3) is 0 Å². The third kappa shape index (κ3) is 4.24. The summed E-state index contributed by atoms with van der Waals surface area (Å²) in [5, 5.41) is 0.501. The van der Waals surface area contributed by atoms with Crippen LogP contribution >= 0.6 is 11.6 Å². The molecule has 1 heterocycles. The second-order valence-electron chi connectivity index (χ2n) is 6.05. The molecule has 1 aliphatic rings. The molecule has 4 nitrogen and oxygen atoms in total. The van der Waals surface area contributed by atoms with Crippen LogP contribution in [0.3, 0.4) is 0 Å². The third-order valence-corrected chi connectivity index (χ3v) is 3.42. The molecule has 0 radical (unpaired) electrons. The molecule has 0 aromatic heterocycles. The van der Waals surface area contributed by atoms with Gasteiger partial charge < -0.3 is 14.5 Å². The second kappa shape index (κ2) is 6.10. The van der Waals surface area contributed by atoms with Crippen molar-refractivity contribution < 1.29 is 13.9 Å². The molecule has 0 atom stereocenters. The number of amides is 1. The normalized spacial score (nSPS) is 16.0. The number of piperazine rings is 1. The van der Waals surface area contributed by atoms with Crippen LogP contribution in [0, 0.1) is 5.82 Å². The Hall–Kier alpha value is -1.49. The molecule has 0 unspecified atom stereocenters. The van der Waals surface area contributed by atoms with Crippen molar-refractivity contribution in [2.24, 2.45) is 0 Å². The molecule has 116 valence electrons. The number of benzene rings is 1. The first-order valence-electron chi connectivity index (χ1n) is 6.94. The fourth-order valence-corrected chi connectivity index (χ4v) is 2.35. The summed E-state index contributed by atoms with van der Waals surface area (Å²) >= 11 is 5.91. The summed E-state index contributed by atoms with van der Waals surface area (Å²) in [6, 6.07) is 4.50. The lowest BCUT2D eigenvalue weighted by Gasteiger charge is -2.36. The van der Waals surface area contributed by atoms with Gasteiger partial charge in [-0.3, -0.25) is 0 Å². The predicted octanol–water partition coefficient (Wildman–Crippen LogP) is 3.54. The summed E-state index contributed by atoms with van der Waals surface area (Å²) in [7, 11) is 0. The Morgan fingerprint density at radius 3 is 2.43 bits per heavy atom. The lowest BCUT2D eigenvalue weighted by molar-refractivity contribution is 0.0240. The van der Waals surface area contributed by atoms with Gasteiger partial charge in [-0.15, -0.1) is 0 Å². The van der Waals surface area contributed by atoms with E-state index in [4.69, 9.17) is 16.3 Å². The van der Waals surface area contributed by atoms with Gasteiger partial charge >= 0.3 is 6.09 Å². The van der Waals surface area contributed by atoms with E-state index in [1.54, 1.807) is 11.0 Å². The summed E-state index contributed by atoms with van der Waals surface area (Å²) < 4.78 is 19.2. The van der Waals surface area contributed by atoms with Crippen LogP contribution in [-0.2, 0) is 4.74 Å². The van der Waals surface area contributed by atoms with E-state index in [0.29, 0.717) is 36.9 Å². The van der Waals surface area contributed by atoms with Gasteiger partial charge in [0.05, 0.1) is 5.69 Å². The van der Waals surface area contributed by atoms with Crippen LogP contribution in [0.1, 0.15) is 20.8 Å². The molecule has 0 N–H and O–H groups in total. The van der Waals surface area contributed by atoms with Crippen molar-refractivity contribution in [1.29, 1.82) is 0 Å². The van der Waals surface area contributed by atoms with E-state index >= 15 is 0 Å². The maximum atomic E-state index is 13.8. The average Bonchev–Trinajstić information content (AvgIpc) is 2.40. The summed E-state index contributed by atoms with van der Waals surface area (Å²) in [6.07, 6.45) is -0.325.